The van der Waals surface area contributed by atoms with Crippen LogP contribution in [0.25, 0.3) is 0 Å². The Balaban J connectivity index is 1.60. The van der Waals surface area contributed by atoms with E-state index >= 15 is 0 Å². The summed E-state index contributed by atoms with van der Waals surface area (Å²) in [5.74, 6) is 0.764. The number of nitrogens with one attached hydrogen (secondary N) is 1. The highest BCUT2D eigenvalue weighted by Gasteiger charge is 2.25. The Morgan fingerprint density at radius 2 is 1.81 bits per heavy atom. The van der Waals surface area contributed by atoms with Crippen molar-refractivity contribution < 1.29 is 14.0 Å². The molecule has 1 aromatic carbocycles. The van der Waals surface area contributed by atoms with Gasteiger partial charge in [-0.25, -0.2) is 0 Å². The van der Waals surface area contributed by atoms with Crippen LogP contribution in [0.1, 0.15) is 41.8 Å². The second-order valence-electron chi connectivity index (χ2n) is 7.25. The van der Waals surface area contributed by atoms with E-state index in [-0.39, 0.29) is 11.8 Å². The fourth-order valence-electron chi connectivity index (χ4n) is 3.53. The number of carbonyl (C=O) groups is 2. The van der Waals surface area contributed by atoms with Gasteiger partial charge in [-0.15, -0.1) is 0 Å². The molecule has 0 bridgehead atoms. The first-order valence-corrected chi connectivity index (χ1v) is 9.41. The Bertz CT molecular complexity index is 747. The molecule has 2 aromatic rings. The van der Waals surface area contributed by atoms with E-state index in [2.05, 4.69) is 10.2 Å². The van der Waals surface area contributed by atoms with Crippen molar-refractivity contribution in [2.24, 2.45) is 0 Å². The molecule has 0 aliphatic heterocycles. The quantitative estimate of drug-likeness (QED) is 0.813. The maximum atomic E-state index is 12.6. The summed E-state index contributed by atoms with van der Waals surface area (Å²) in [4.78, 5) is 28.3. The first-order valence-electron chi connectivity index (χ1n) is 9.41. The number of anilines is 1. The zero-order valence-corrected chi connectivity index (χ0v) is 16.0. The third-order valence-corrected chi connectivity index (χ3v) is 4.95. The van der Waals surface area contributed by atoms with E-state index < -0.39 is 0 Å². The Morgan fingerprint density at radius 3 is 2.41 bits per heavy atom. The molecule has 6 nitrogen and oxygen atoms in total. The molecule has 1 heterocycles. The van der Waals surface area contributed by atoms with E-state index in [4.69, 9.17) is 4.42 Å². The number of amides is 2. The summed E-state index contributed by atoms with van der Waals surface area (Å²) in [6.45, 7) is 0.963. The highest BCUT2D eigenvalue weighted by molar-refractivity contribution is 5.96. The average molecular weight is 369 g/mol. The molecule has 2 amide bonds. The van der Waals surface area contributed by atoms with Crippen LogP contribution in [0, 0.1) is 0 Å². The molecule has 0 unspecified atom stereocenters. The molecule has 1 aliphatic carbocycles. The second kappa shape index (κ2) is 8.86. The van der Waals surface area contributed by atoms with Gasteiger partial charge in [-0.05, 0) is 49.2 Å². The van der Waals surface area contributed by atoms with Gasteiger partial charge in [0.2, 0.25) is 5.91 Å². The molecular formula is C21H27N3O3. The lowest BCUT2D eigenvalue weighted by atomic mass is 10.2. The molecule has 1 saturated carbocycles. The van der Waals surface area contributed by atoms with Crippen LogP contribution in [-0.4, -0.2) is 48.3 Å². The van der Waals surface area contributed by atoms with Gasteiger partial charge in [0.05, 0.1) is 19.4 Å². The molecule has 1 fully saturated rings. The van der Waals surface area contributed by atoms with Gasteiger partial charge < -0.3 is 14.6 Å². The normalized spacial score (nSPS) is 14.5. The van der Waals surface area contributed by atoms with Crippen molar-refractivity contribution in [3.05, 3.63) is 54.0 Å². The Hall–Kier alpha value is -2.60. The number of hydrogen-bond acceptors (Lipinski definition) is 4. The summed E-state index contributed by atoms with van der Waals surface area (Å²) in [5.41, 5.74) is 1.29. The third-order valence-electron chi connectivity index (χ3n) is 4.95. The van der Waals surface area contributed by atoms with Gasteiger partial charge in [-0.3, -0.25) is 14.5 Å². The van der Waals surface area contributed by atoms with Crippen LogP contribution in [0.5, 0.6) is 0 Å². The monoisotopic (exact) mass is 369 g/mol. The molecule has 6 heteroatoms. The van der Waals surface area contributed by atoms with Crippen molar-refractivity contribution in [3.63, 3.8) is 0 Å². The summed E-state index contributed by atoms with van der Waals surface area (Å²) in [6.07, 6.45) is 6.33. The highest BCUT2D eigenvalue weighted by atomic mass is 16.3. The van der Waals surface area contributed by atoms with Gasteiger partial charge in [-0.2, -0.15) is 0 Å². The zero-order chi connectivity index (χ0) is 19.2. The first kappa shape index (κ1) is 19.2. The van der Waals surface area contributed by atoms with E-state index in [1.54, 1.807) is 44.6 Å². The summed E-state index contributed by atoms with van der Waals surface area (Å²) in [5, 5.41) is 2.93. The summed E-state index contributed by atoms with van der Waals surface area (Å²) < 4.78 is 5.47. The standard InChI is InChI=1S/C21H27N3O3/c1-23(2)21(26)16-9-11-17(12-10-16)22-20(25)15-24(18-6-3-4-7-18)14-19-8-5-13-27-19/h5,8-13,18H,3-4,6-7,14-15H2,1-2H3,(H,22,25). The van der Waals surface area contributed by atoms with Crippen LogP contribution in [0.2, 0.25) is 0 Å². The number of nitrogens with zero attached hydrogens (tertiary/aromatic N) is 2. The minimum absolute atomic E-state index is 0.0554. The summed E-state index contributed by atoms with van der Waals surface area (Å²) in [7, 11) is 3.43. The molecule has 0 saturated heterocycles. The largest absolute Gasteiger partial charge is 0.468 e. The van der Waals surface area contributed by atoms with Gasteiger partial charge in [0.15, 0.2) is 0 Å². The number of rotatable bonds is 7. The number of carbonyl (C=O) groups excluding carboxylic acids is 2. The molecule has 3 rings (SSSR count). The van der Waals surface area contributed by atoms with Gasteiger partial charge >= 0.3 is 0 Å². The Labute approximate surface area is 160 Å². The van der Waals surface area contributed by atoms with E-state index in [0.29, 0.717) is 30.4 Å². The molecule has 0 spiro atoms. The number of hydrogen-bond donors (Lipinski definition) is 1. The molecule has 144 valence electrons. The fourth-order valence-corrected chi connectivity index (χ4v) is 3.53. The summed E-state index contributed by atoms with van der Waals surface area (Å²) in [6, 6.07) is 11.2. The van der Waals surface area contributed by atoms with Crippen molar-refractivity contribution in [2.45, 2.75) is 38.3 Å². The minimum Gasteiger partial charge on any atom is -0.468 e. The second-order valence-corrected chi connectivity index (χ2v) is 7.25. The molecule has 0 radical (unpaired) electrons. The molecule has 1 N–H and O–H groups in total. The predicted octanol–water partition coefficient (Wildman–Crippen LogP) is 3.36. The van der Waals surface area contributed by atoms with Crippen LogP contribution >= 0.6 is 0 Å². The van der Waals surface area contributed by atoms with Crippen molar-refractivity contribution in [1.82, 2.24) is 9.80 Å². The predicted molar refractivity (Wildman–Crippen MR) is 104 cm³/mol. The van der Waals surface area contributed by atoms with Gasteiger partial charge in [0.25, 0.3) is 5.91 Å². The van der Waals surface area contributed by atoms with E-state index in [0.717, 1.165) is 18.6 Å². The molecule has 0 atom stereocenters. The van der Waals surface area contributed by atoms with Gasteiger partial charge in [0.1, 0.15) is 5.76 Å². The lowest BCUT2D eigenvalue weighted by Gasteiger charge is -2.27. The third kappa shape index (κ3) is 5.20. The van der Waals surface area contributed by atoms with Crippen molar-refractivity contribution in [2.75, 3.05) is 26.0 Å². The van der Waals surface area contributed by atoms with Crippen LogP contribution < -0.4 is 5.32 Å². The Morgan fingerprint density at radius 1 is 1.11 bits per heavy atom. The van der Waals surface area contributed by atoms with Crippen molar-refractivity contribution >= 4 is 17.5 Å². The molecular weight excluding hydrogens is 342 g/mol. The summed E-state index contributed by atoms with van der Waals surface area (Å²) >= 11 is 0. The highest BCUT2D eigenvalue weighted by Crippen LogP contribution is 2.25. The van der Waals surface area contributed by atoms with Crippen LogP contribution in [0.4, 0.5) is 5.69 Å². The number of benzene rings is 1. The Kier molecular flexibility index (Phi) is 6.29. The van der Waals surface area contributed by atoms with Gasteiger partial charge in [0, 0.05) is 31.4 Å². The van der Waals surface area contributed by atoms with E-state index in [1.807, 2.05) is 12.1 Å². The molecule has 27 heavy (non-hydrogen) atoms. The topological polar surface area (TPSA) is 65.8 Å². The van der Waals surface area contributed by atoms with E-state index in [1.165, 1.54) is 17.7 Å². The lowest BCUT2D eigenvalue weighted by molar-refractivity contribution is -0.118. The number of furan rings is 1. The fraction of sp³-hybridized carbons (Fsp3) is 0.429. The van der Waals surface area contributed by atoms with E-state index in [9.17, 15) is 9.59 Å². The maximum absolute atomic E-state index is 12.6. The maximum Gasteiger partial charge on any atom is 0.253 e. The average Bonchev–Trinajstić information content (AvgIpc) is 3.35. The zero-order valence-electron chi connectivity index (χ0n) is 16.0. The molecule has 1 aromatic heterocycles. The van der Waals surface area contributed by atoms with Crippen LogP contribution in [0.3, 0.4) is 0 Å². The van der Waals surface area contributed by atoms with Gasteiger partial charge in [-0.1, -0.05) is 12.8 Å². The lowest BCUT2D eigenvalue weighted by Crippen LogP contribution is -2.39. The van der Waals surface area contributed by atoms with Crippen LogP contribution in [-0.2, 0) is 11.3 Å². The molecule has 1 aliphatic rings. The SMILES string of the molecule is CN(C)C(=O)c1ccc(NC(=O)CN(Cc2ccco2)C2CCCC2)cc1. The van der Waals surface area contributed by atoms with Crippen molar-refractivity contribution in [3.8, 4) is 0 Å². The minimum atomic E-state index is -0.0567. The smallest absolute Gasteiger partial charge is 0.253 e. The van der Waals surface area contributed by atoms with Crippen molar-refractivity contribution in [1.29, 1.82) is 0 Å². The van der Waals surface area contributed by atoms with Crippen LogP contribution in [0.15, 0.2) is 47.1 Å². The first-order chi connectivity index (χ1) is 13.0.